The molecule has 1 aromatic rings. The third-order valence-electron chi connectivity index (χ3n) is 4.45. The van der Waals surface area contributed by atoms with E-state index in [1.807, 2.05) is 6.08 Å². The molecule has 0 bridgehead atoms. The maximum atomic E-state index is 3.93. The van der Waals surface area contributed by atoms with Crippen LogP contribution in [0.25, 0.3) is 6.08 Å². The Bertz CT molecular complexity index is 394. The molecule has 0 aliphatic rings. The van der Waals surface area contributed by atoms with Crippen molar-refractivity contribution in [3.8, 4) is 0 Å². The largest absolute Gasteiger partial charge is 0.0985 e. The molecule has 0 aromatic heterocycles. The second kappa shape index (κ2) is 10.7. The molecule has 0 nitrogen and oxygen atoms in total. The molecule has 0 aliphatic carbocycles. The molecular weight excluding hydrogens is 252 g/mol. The fourth-order valence-electron chi connectivity index (χ4n) is 3.09. The average molecular weight is 287 g/mol. The molecule has 0 N–H and O–H groups in total. The van der Waals surface area contributed by atoms with Crippen LogP contribution in [0.4, 0.5) is 0 Å². The molecule has 118 valence electrons. The van der Waals surface area contributed by atoms with E-state index in [-0.39, 0.29) is 0 Å². The van der Waals surface area contributed by atoms with Crippen LogP contribution in [0, 0.1) is 0 Å². The summed E-state index contributed by atoms with van der Waals surface area (Å²) in [6.07, 6.45) is 13.8. The van der Waals surface area contributed by atoms with Gasteiger partial charge in [0.05, 0.1) is 0 Å². The van der Waals surface area contributed by atoms with E-state index >= 15 is 0 Å². The quantitative estimate of drug-likeness (QED) is 0.405. The molecule has 0 atom stereocenters. The van der Waals surface area contributed by atoms with Crippen molar-refractivity contribution in [1.82, 2.24) is 0 Å². The van der Waals surface area contributed by atoms with Crippen LogP contribution < -0.4 is 0 Å². The summed E-state index contributed by atoms with van der Waals surface area (Å²) in [5.41, 5.74) is 4.47. The zero-order valence-electron chi connectivity index (χ0n) is 14.5. The van der Waals surface area contributed by atoms with Gasteiger partial charge in [0, 0.05) is 0 Å². The first-order valence-electron chi connectivity index (χ1n) is 9.02. The van der Waals surface area contributed by atoms with E-state index in [2.05, 4.69) is 45.5 Å². The van der Waals surface area contributed by atoms with Crippen LogP contribution in [0.5, 0.6) is 0 Å². The van der Waals surface area contributed by atoms with Gasteiger partial charge in [0.25, 0.3) is 0 Å². The molecule has 0 spiro atoms. The van der Waals surface area contributed by atoms with Gasteiger partial charge < -0.3 is 0 Å². The van der Waals surface area contributed by atoms with E-state index in [4.69, 9.17) is 0 Å². The Morgan fingerprint density at radius 3 is 2.10 bits per heavy atom. The fourth-order valence-corrected chi connectivity index (χ4v) is 3.09. The summed E-state index contributed by atoms with van der Waals surface area (Å²) < 4.78 is 0. The van der Waals surface area contributed by atoms with Crippen molar-refractivity contribution in [3.05, 3.63) is 41.5 Å². The number of aryl methyl sites for hydroxylation is 1. The van der Waals surface area contributed by atoms with Gasteiger partial charge >= 0.3 is 0 Å². The third kappa shape index (κ3) is 6.08. The first kappa shape index (κ1) is 18.0. The van der Waals surface area contributed by atoms with Crippen molar-refractivity contribution in [2.24, 2.45) is 0 Å². The van der Waals surface area contributed by atoms with E-state index in [0.717, 1.165) is 5.92 Å². The van der Waals surface area contributed by atoms with Crippen molar-refractivity contribution in [1.29, 1.82) is 0 Å². The number of hydrogen-bond donors (Lipinski definition) is 0. The van der Waals surface area contributed by atoms with E-state index in [1.54, 1.807) is 11.1 Å². The summed E-state index contributed by atoms with van der Waals surface area (Å²) >= 11 is 0. The van der Waals surface area contributed by atoms with Gasteiger partial charge in [-0.15, -0.1) is 0 Å². The van der Waals surface area contributed by atoms with Crippen LogP contribution in [0.15, 0.2) is 24.8 Å². The molecule has 0 heterocycles. The first-order chi connectivity index (χ1) is 10.3. The van der Waals surface area contributed by atoms with Crippen LogP contribution in [-0.4, -0.2) is 0 Å². The lowest BCUT2D eigenvalue weighted by Gasteiger charge is -2.21. The highest BCUT2D eigenvalue weighted by Crippen LogP contribution is 2.31. The zero-order chi connectivity index (χ0) is 15.5. The van der Waals surface area contributed by atoms with Gasteiger partial charge in [0.2, 0.25) is 0 Å². The first-order valence-corrected chi connectivity index (χ1v) is 9.02. The zero-order valence-corrected chi connectivity index (χ0v) is 14.5. The van der Waals surface area contributed by atoms with Gasteiger partial charge in [-0.3, -0.25) is 0 Å². The minimum atomic E-state index is 0.760. The SMILES string of the molecule is C=Cc1ccc(C(CCCC)CCCC)c(CCCC)c1. The van der Waals surface area contributed by atoms with Gasteiger partial charge in [-0.1, -0.05) is 83.7 Å². The van der Waals surface area contributed by atoms with Crippen molar-refractivity contribution in [2.45, 2.75) is 84.5 Å². The summed E-state index contributed by atoms with van der Waals surface area (Å²) in [5, 5.41) is 0. The molecule has 0 unspecified atom stereocenters. The van der Waals surface area contributed by atoms with E-state index < -0.39 is 0 Å². The minimum Gasteiger partial charge on any atom is -0.0985 e. The van der Waals surface area contributed by atoms with Crippen molar-refractivity contribution < 1.29 is 0 Å². The van der Waals surface area contributed by atoms with Gasteiger partial charge in [0.15, 0.2) is 0 Å². The average Bonchev–Trinajstić information content (AvgIpc) is 2.53. The molecule has 0 fully saturated rings. The lowest BCUT2D eigenvalue weighted by Crippen LogP contribution is -2.04. The summed E-state index contributed by atoms with van der Waals surface area (Å²) in [4.78, 5) is 0. The van der Waals surface area contributed by atoms with Gasteiger partial charge in [-0.25, -0.2) is 0 Å². The summed E-state index contributed by atoms with van der Waals surface area (Å²) in [5.74, 6) is 0.760. The smallest absolute Gasteiger partial charge is 0.0159 e. The Labute approximate surface area is 132 Å². The highest BCUT2D eigenvalue weighted by molar-refractivity contribution is 5.50. The van der Waals surface area contributed by atoms with E-state index in [1.165, 1.54) is 63.4 Å². The number of unbranched alkanes of at least 4 members (excludes halogenated alkanes) is 3. The standard InChI is InChI=1S/C21H34/c1-5-9-12-19(13-10-6-2)21-16-15-18(8-4)17-20(21)14-11-7-3/h8,15-17,19H,4-7,9-14H2,1-3H3. The molecule has 0 saturated carbocycles. The number of hydrogen-bond acceptors (Lipinski definition) is 0. The normalized spacial score (nSPS) is 11.0. The van der Waals surface area contributed by atoms with Crippen LogP contribution in [0.3, 0.4) is 0 Å². The summed E-state index contributed by atoms with van der Waals surface area (Å²) in [6.45, 7) is 10.8. The highest BCUT2D eigenvalue weighted by atomic mass is 14.2. The summed E-state index contributed by atoms with van der Waals surface area (Å²) in [6, 6.07) is 7.02. The summed E-state index contributed by atoms with van der Waals surface area (Å²) in [7, 11) is 0. The third-order valence-corrected chi connectivity index (χ3v) is 4.45. The molecule has 0 saturated heterocycles. The Hall–Kier alpha value is -1.04. The lowest BCUT2D eigenvalue weighted by atomic mass is 9.84. The predicted octanol–water partition coefficient (Wildman–Crippen LogP) is 7.14. The van der Waals surface area contributed by atoms with Gasteiger partial charge in [-0.05, 0) is 48.3 Å². The Morgan fingerprint density at radius 1 is 0.952 bits per heavy atom. The van der Waals surface area contributed by atoms with Crippen LogP contribution in [0.1, 0.15) is 94.7 Å². The molecule has 0 aliphatic heterocycles. The fraction of sp³-hybridized carbons (Fsp3) is 0.619. The molecular formula is C21H34. The van der Waals surface area contributed by atoms with Crippen LogP contribution in [-0.2, 0) is 6.42 Å². The molecule has 1 aromatic carbocycles. The van der Waals surface area contributed by atoms with Crippen LogP contribution >= 0.6 is 0 Å². The predicted molar refractivity (Wildman–Crippen MR) is 96.9 cm³/mol. The van der Waals surface area contributed by atoms with Crippen molar-refractivity contribution >= 4 is 6.08 Å². The molecule has 0 heteroatoms. The lowest BCUT2D eigenvalue weighted by molar-refractivity contribution is 0.521. The van der Waals surface area contributed by atoms with Crippen molar-refractivity contribution in [2.75, 3.05) is 0 Å². The van der Waals surface area contributed by atoms with Crippen LogP contribution in [0.2, 0.25) is 0 Å². The maximum Gasteiger partial charge on any atom is -0.0159 e. The molecule has 0 radical (unpaired) electrons. The molecule has 1 rings (SSSR count). The molecule has 0 amide bonds. The Balaban J connectivity index is 2.98. The van der Waals surface area contributed by atoms with E-state index in [9.17, 15) is 0 Å². The van der Waals surface area contributed by atoms with E-state index in [0.29, 0.717) is 0 Å². The maximum absolute atomic E-state index is 3.93. The Kier molecular flexibility index (Phi) is 9.14. The van der Waals surface area contributed by atoms with Gasteiger partial charge in [-0.2, -0.15) is 0 Å². The second-order valence-corrected chi connectivity index (χ2v) is 6.25. The Morgan fingerprint density at radius 2 is 1.57 bits per heavy atom. The van der Waals surface area contributed by atoms with Gasteiger partial charge in [0.1, 0.15) is 0 Å². The second-order valence-electron chi connectivity index (χ2n) is 6.25. The molecule has 21 heavy (non-hydrogen) atoms. The minimum absolute atomic E-state index is 0.760. The monoisotopic (exact) mass is 286 g/mol. The number of benzene rings is 1. The topological polar surface area (TPSA) is 0 Å². The highest BCUT2D eigenvalue weighted by Gasteiger charge is 2.14. The number of rotatable bonds is 11. The van der Waals surface area contributed by atoms with Crippen molar-refractivity contribution in [3.63, 3.8) is 0 Å².